The van der Waals surface area contributed by atoms with Crippen molar-refractivity contribution in [1.82, 2.24) is 4.57 Å². The lowest BCUT2D eigenvalue weighted by Crippen LogP contribution is -2.41. The van der Waals surface area contributed by atoms with Crippen molar-refractivity contribution in [1.29, 1.82) is 10.5 Å². The number of fused-ring (bicyclic) bond motifs is 1. The van der Waals surface area contributed by atoms with Crippen LogP contribution in [0.2, 0.25) is 0 Å². The number of aromatic nitrogens is 1. The summed E-state index contributed by atoms with van der Waals surface area (Å²) in [7, 11) is -0.472. The molecule has 1 aliphatic heterocycles. The smallest absolute Gasteiger partial charge is 0.399 e. The normalized spacial score (nSPS) is 25.8. The second-order valence-electron chi connectivity index (χ2n) is 8.83. The van der Waals surface area contributed by atoms with Crippen molar-refractivity contribution in [2.45, 2.75) is 64.7 Å². The van der Waals surface area contributed by atoms with Gasteiger partial charge in [0.15, 0.2) is 0 Å². The summed E-state index contributed by atoms with van der Waals surface area (Å²) in [6.45, 7) is 10.1. The molecular formula is C21H24BN3O2. The van der Waals surface area contributed by atoms with E-state index in [0.717, 1.165) is 34.8 Å². The van der Waals surface area contributed by atoms with E-state index >= 15 is 0 Å². The monoisotopic (exact) mass is 361 g/mol. The molecule has 5 nitrogen and oxygen atoms in total. The SMILES string of the molecule is Cc1cc2c(cc1C#N)c(B1OC(C)(C)C(C)(C)O1)cn2[C@H]1C[C@H](C#N)C1. The Hall–Kier alpha value is -2.28. The molecule has 0 radical (unpaired) electrons. The van der Waals surface area contributed by atoms with Crippen molar-refractivity contribution in [3.63, 3.8) is 0 Å². The molecule has 6 heteroatoms. The molecule has 0 amide bonds. The summed E-state index contributed by atoms with van der Waals surface area (Å²) in [6.07, 6.45) is 3.83. The van der Waals surface area contributed by atoms with Crippen LogP contribution in [0.3, 0.4) is 0 Å². The van der Waals surface area contributed by atoms with Crippen LogP contribution in [-0.4, -0.2) is 22.9 Å². The van der Waals surface area contributed by atoms with Gasteiger partial charge in [-0.05, 0) is 65.2 Å². The van der Waals surface area contributed by atoms with Crippen molar-refractivity contribution in [3.8, 4) is 12.1 Å². The molecule has 0 bridgehead atoms. The van der Waals surface area contributed by atoms with Crippen LogP contribution in [0, 0.1) is 35.5 Å². The van der Waals surface area contributed by atoms with E-state index in [4.69, 9.17) is 14.6 Å². The molecule has 0 spiro atoms. The molecule has 0 atom stereocenters. The average molecular weight is 361 g/mol. The van der Waals surface area contributed by atoms with Crippen LogP contribution in [0.5, 0.6) is 0 Å². The Bertz CT molecular complexity index is 987. The Balaban J connectivity index is 1.84. The topological polar surface area (TPSA) is 71.0 Å². The van der Waals surface area contributed by atoms with Gasteiger partial charge in [0.1, 0.15) is 0 Å². The maximum Gasteiger partial charge on any atom is 0.497 e. The maximum atomic E-state index is 9.48. The van der Waals surface area contributed by atoms with Crippen LogP contribution in [0.1, 0.15) is 57.7 Å². The van der Waals surface area contributed by atoms with Crippen molar-refractivity contribution < 1.29 is 9.31 Å². The lowest BCUT2D eigenvalue weighted by Gasteiger charge is -2.32. The van der Waals surface area contributed by atoms with Gasteiger partial charge in [-0.25, -0.2) is 0 Å². The van der Waals surface area contributed by atoms with Crippen molar-refractivity contribution >= 4 is 23.5 Å². The maximum absolute atomic E-state index is 9.48. The number of benzene rings is 1. The first-order valence-corrected chi connectivity index (χ1v) is 9.47. The summed E-state index contributed by atoms with van der Waals surface area (Å²) in [5, 5.41) is 19.6. The predicted molar refractivity (Wildman–Crippen MR) is 104 cm³/mol. The first-order valence-electron chi connectivity index (χ1n) is 9.47. The minimum atomic E-state index is -0.472. The van der Waals surface area contributed by atoms with Crippen molar-refractivity contribution in [3.05, 3.63) is 29.5 Å². The van der Waals surface area contributed by atoms with E-state index in [1.54, 1.807) is 0 Å². The van der Waals surface area contributed by atoms with Gasteiger partial charge in [-0.1, -0.05) is 0 Å². The highest BCUT2D eigenvalue weighted by Crippen LogP contribution is 2.41. The van der Waals surface area contributed by atoms with Gasteiger partial charge in [0.05, 0.1) is 34.8 Å². The van der Waals surface area contributed by atoms with Crippen LogP contribution in [-0.2, 0) is 9.31 Å². The number of nitriles is 2. The first-order chi connectivity index (χ1) is 12.7. The molecule has 2 heterocycles. The first kappa shape index (κ1) is 18.1. The summed E-state index contributed by atoms with van der Waals surface area (Å²) in [6, 6.07) is 8.97. The van der Waals surface area contributed by atoms with Gasteiger partial charge in [0.2, 0.25) is 0 Å². The van der Waals surface area contributed by atoms with Gasteiger partial charge in [-0.15, -0.1) is 0 Å². The quantitative estimate of drug-likeness (QED) is 0.767. The van der Waals surface area contributed by atoms with E-state index in [2.05, 4.69) is 29.0 Å². The van der Waals surface area contributed by atoms with Gasteiger partial charge < -0.3 is 13.9 Å². The highest BCUT2D eigenvalue weighted by Gasteiger charge is 2.52. The number of rotatable bonds is 2. The molecule has 1 saturated carbocycles. The van der Waals surface area contributed by atoms with Crippen LogP contribution < -0.4 is 5.46 Å². The predicted octanol–water partition coefficient (Wildman–Crippen LogP) is 3.60. The lowest BCUT2D eigenvalue weighted by molar-refractivity contribution is 0.00578. The summed E-state index contributed by atoms with van der Waals surface area (Å²) in [4.78, 5) is 0. The molecule has 0 unspecified atom stereocenters. The van der Waals surface area contributed by atoms with Gasteiger partial charge >= 0.3 is 7.12 Å². The van der Waals surface area contributed by atoms with E-state index < -0.39 is 18.3 Å². The standard InChI is InChI=1S/C21H24BN3O2/c1-13-6-19-17(9-15(13)11-24)18(12-25(19)16-7-14(8-16)10-23)22-26-20(2,3)21(4,5)27-22/h6,9,12,14,16H,7-8H2,1-5H3/t14-,16-. The van der Waals surface area contributed by atoms with Gasteiger partial charge in [0.25, 0.3) is 0 Å². The molecule has 1 saturated heterocycles. The van der Waals surface area contributed by atoms with E-state index in [1.165, 1.54) is 0 Å². The average Bonchev–Trinajstić information content (AvgIpc) is 3.00. The van der Waals surface area contributed by atoms with Gasteiger partial charge in [0, 0.05) is 28.6 Å². The fourth-order valence-electron chi connectivity index (χ4n) is 3.93. The lowest BCUT2D eigenvalue weighted by atomic mass is 9.78. The Morgan fingerprint density at radius 3 is 2.30 bits per heavy atom. The molecule has 0 N–H and O–H groups in total. The van der Waals surface area contributed by atoms with Gasteiger partial charge in [-0.2, -0.15) is 10.5 Å². The third-order valence-electron chi connectivity index (χ3n) is 6.53. The summed E-state index contributed by atoms with van der Waals surface area (Å²) in [5.41, 5.74) is 2.83. The molecule has 1 aromatic carbocycles. The molecule has 2 aliphatic rings. The third kappa shape index (κ3) is 2.67. The summed E-state index contributed by atoms with van der Waals surface area (Å²) >= 11 is 0. The van der Waals surface area contributed by atoms with Crippen LogP contribution >= 0.6 is 0 Å². The van der Waals surface area contributed by atoms with Crippen LogP contribution in [0.25, 0.3) is 10.9 Å². The zero-order chi connectivity index (χ0) is 19.6. The van der Waals surface area contributed by atoms with E-state index in [9.17, 15) is 5.26 Å². The van der Waals surface area contributed by atoms with E-state index in [0.29, 0.717) is 11.6 Å². The number of aryl methyl sites for hydroxylation is 1. The summed E-state index contributed by atoms with van der Waals surface area (Å²) in [5.74, 6) is 0.132. The highest BCUT2D eigenvalue weighted by atomic mass is 16.7. The number of nitrogens with zero attached hydrogens (tertiary/aromatic N) is 3. The Kier molecular flexibility index (Phi) is 3.93. The molecule has 2 fully saturated rings. The molecule has 1 aliphatic carbocycles. The highest BCUT2D eigenvalue weighted by molar-refractivity contribution is 6.65. The minimum Gasteiger partial charge on any atom is -0.399 e. The van der Waals surface area contributed by atoms with Crippen LogP contribution in [0.15, 0.2) is 18.3 Å². The van der Waals surface area contributed by atoms with Crippen molar-refractivity contribution in [2.24, 2.45) is 5.92 Å². The molecule has 2 aromatic rings. The zero-order valence-electron chi connectivity index (χ0n) is 16.5. The van der Waals surface area contributed by atoms with Crippen molar-refractivity contribution in [2.75, 3.05) is 0 Å². The Morgan fingerprint density at radius 2 is 1.74 bits per heavy atom. The van der Waals surface area contributed by atoms with Gasteiger partial charge in [-0.3, -0.25) is 0 Å². The largest absolute Gasteiger partial charge is 0.497 e. The molecular weight excluding hydrogens is 337 g/mol. The summed E-state index contributed by atoms with van der Waals surface area (Å²) < 4.78 is 14.8. The van der Waals surface area contributed by atoms with E-state index in [1.807, 2.05) is 40.7 Å². The number of hydrogen-bond donors (Lipinski definition) is 0. The Morgan fingerprint density at radius 1 is 1.11 bits per heavy atom. The Labute approximate surface area is 160 Å². The number of hydrogen-bond acceptors (Lipinski definition) is 4. The molecule has 4 rings (SSSR count). The molecule has 1 aromatic heterocycles. The van der Waals surface area contributed by atoms with Crippen LogP contribution in [0.4, 0.5) is 0 Å². The second kappa shape index (κ2) is 5.86. The van der Waals surface area contributed by atoms with E-state index in [-0.39, 0.29) is 5.92 Å². The molecule has 138 valence electrons. The fraction of sp³-hybridized carbons (Fsp3) is 0.524. The second-order valence-corrected chi connectivity index (χ2v) is 8.83. The zero-order valence-corrected chi connectivity index (χ0v) is 16.5. The fourth-order valence-corrected chi connectivity index (χ4v) is 3.93. The minimum absolute atomic E-state index is 0.132. The molecule has 27 heavy (non-hydrogen) atoms. The third-order valence-corrected chi connectivity index (χ3v) is 6.53.